The molecule has 1 aliphatic carbocycles. The Kier molecular flexibility index (Phi) is 5.77. The van der Waals surface area contributed by atoms with Crippen molar-refractivity contribution in [1.82, 2.24) is 10.3 Å². The fourth-order valence-corrected chi connectivity index (χ4v) is 3.49. The van der Waals surface area contributed by atoms with Crippen LogP contribution in [0.3, 0.4) is 0 Å². The van der Waals surface area contributed by atoms with Crippen molar-refractivity contribution in [3.05, 3.63) is 30.1 Å². The van der Waals surface area contributed by atoms with Gasteiger partial charge >= 0.3 is 0 Å². The van der Waals surface area contributed by atoms with Gasteiger partial charge < -0.3 is 5.32 Å². The second-order valence-corrected chi connectivity index (χ2v) is 6.79. The molecule has 2 rings (SSSR count). The maximum Gasteiger partial charge on any atom is 0.223 e. The molecular formula is C18H28N2O. The van der Waals surface area contributed by atoms with Crippen molar-refractivity contribution in [2.24, 2.45) is 23.7 Å². The van der Waals surface area contributed by atoms with E-state index >= 15 is 0 Å². The van der Waals surface area contributed by atoms with E-state index in [2.05, 4.69) is 31.1 Å². The lowest BCUT2D eigenvalue weighted by Crippen LogP contribution is -2.40. The smallest absolute Gasteiger partial charge is 0.223 e. The van der Waals surface area contributed by atoms with E-state index in [1.54, 1.807) is 6.20 Å². The zero-order valence-corrected chi connectivity index (χ0v) is 13.5. The fraction of sp³-hybridized carbons (Fsp3) is 0.667. The second-order valence-electron chi connectivity index (χ2n) is 6.79. The summed E-state index contributed by atoms with van der Waals surface area (Å²) in [5.41, 5.74) is 1.04. The van der Waals surface area contributed by atoms with E-state index in [9.17, 15) is 4.79 Å². The van der Waals surface area contributed by atoms with Gasteiger partial charge in [-0.1, -0.05) is 33.3 Å². The average molecular weight is 288 g/mol. The van der Waals surface area contributed by atoms with Crippen LogP contribution >= 0.6 is 0 Å². The van der Waals surface area contributed by atoms with Gasteiger partial charge in [-0.2, -0.15) is 0 Å². The maximum absolute atomic E-state index is 12.5. The molecule has 3 nitrogen and oxygen atoms in total. The molecule has 2 unspecified atom stereocenters. The van der Waals surface area contributed by atoms with Gasteiger partial charge in [0, 0.05) is 30.8 Å². The highest BCUT2D eigenvalue weighted by atomic mass is 16.1. The molecular weight excluding hydrogens is 260 g/mol. The van der Waals surface area contributed by atoms with E-state index in [0.717, 1.165) is 18.5 Å². The zero-order chi connectivity index (χ0) is 15.2. The van der Waals surface area contributed by atoms with Crippen molar-refractivity contribution in [3.8, 4) is 0 Å². The number of pyridine rings is 1. The lowest BCUT2D eigenvalue weighted by molar-refractivity contribution is -0.129. The molecule has 0 aromatic carbocycles. The summed E-state index contributed by atoms with van der Waals surface area (Å²) in [6.45, 7) is 7.44. The van der Waals surface area contributed by atoms with Gasteiger partial charge in [0.05, 0.1) is 0 Å². The Morgan fingerprint density at radius 3 is 2.86 bits per heavy atom. The van der Waals surface area contributed by atoms with Crippen LogP contribution in [0.1, 0.15) is 45.7 Å². The molecule has 1 aromatic rings. The summed E-state index contributed by atoms with van der Waals surface area (Å²) in [5, 5.41) is 3.13. The number of amides is 1. The van der Waals surface area contributed by atoms with E-state index in [-0.39, 0.29) is 11.8 Å². The highest BCUT2D eigenvalue weighted by molar-refractivity contribution is 5.79. The Bertz CT molecular complexity index is 444. The molecule has 1 aliphatic rings. The molecule has 1 aromatic heterocycles. The van der Waals surface area contributed by atoms with Crippen molar-refractivity contribution < 1.29 is 4.79 Å². The topological polar surface area (TPSA) is 42.0 Å². The molecule has 0 bridgehead atoms. The molecule has 21 heavy (non-hydrogen) atoms. The minimum Gasteiger partial charge on any atom is -0.355 e. The third-order valence-electron chi connectivity index (χ3n) is 4.77. The van der Waals surface area contributed by atoms with Crippen molar-refractivity contribution in [1.29, 1.82) is 0 Å². The number of hydrogen-bond donors (Lipinski definition) is 1. The molecule has 1 amide bonds. The number of carbonyl (C=O) groups excluding carboxylic acids is 1. The molecule has 0 saturated heterocycles. The molecule has 3 atom stereocenters. The van der Waals surface area contributed by atoms with Crippen LogP contribution in [0.2, 0.25) is 0 Å². The summed E-state index contributed by atoms with van der Waals surface area (Å²) in [6, 6.07) is 5.91. The molecule has 3 heteroatoms. The van der Waals surface area contributed by atoms with Gasteiger partial charge in [-0.3, -0.25) is 9.78 Å². The number of nitrogens with zero attached hydrogens (tertiary/aromatic N) is 1. The van der Waals surface area contributed by atoms with Crippen LogP contribution in [0.4, 0.5) is 0 Å². The van der Waals surface area contributed by atoms with Gasteiger partial charge in [-0.05, 0) is 42.7 Å². The summed E-state index contributed by atoms with van der Waals surface area (Å²) >= 11 is 0. The molecule has 0 aliphatic heterocycles. The standard InChI is InChI=1S/C18H28N2O/c1-13(2)16-8-7-14(3)12-17(16)18(21)20-11-9-15-6-4-5-10-19-15/h4-6,10,13-14,16-17H,7-9,11-12H2,1-3H3,(H,20,21)/t14?,16-,17?/m0/s1. The Labute approximate surface area is 128 Å². The van der Waals surface area contributed by atoms with Crippen molar-refractivity contribution in [2.45, 2.75) is 46.5 Å². The maximum atomic E-state index is 12.5. The van der Waals surface area contributed by atoms with Crippen LogP contribution in [0, 0.1) is 23.7 Å². The number of hydrogen-bond acceptors (Lipinski definition) is 2. The first-order valence-corrected chi connectivity index (χ1v) is 8.25. The summed E-state index contributed by atoms with van der Waals surface area (Å²) in [4.78, 5) is 16.8. The quantitative estimate of drug-likeness (QED) is 0.901. The number of rotatable bonds is 5. The van der Waals surface area contributed by atoms with Crippen molar-refractivity contribution in [2.75, 3.05) is 6.54 Å². The van der Waals surface area contributed by atoms with E-state index in [1.807, 2.05) is 18.2 Å². The van der Waals surface area contributed by atoms with Crippen molar-refractivity contribution in [3.63, 3.8) is 0 Å². The zero-order valence-electron chi connectivity index (χ0n) is 13.5. The van der Waals surface area contributed by atoms with Crippen LogP contribution in [0.5, 0.6) is 0 Å². The van der Waals surface area contributed by atoms with Gasteiger partial charge in [0.15, 0.2) is 0 Å². The minimum absolute atomic E-state index is 0.192. The number of aromatic nitrogens is 1. The number of carbonyl (C=O) groups is 1. The first-order chi connectivity index (χ1) is 10.1. The summed E-state index contributed by atoms with van der Waals surface area (Å²) < 4.78 is 0. The van der Waals surface area contributed by atoms with Crippen LogP contribution in [0.15, 0.2) is 24.4 Å². The lowest BCUT2D eigenvalue weighted by atomic mass is 9.70. The van der Waals surface area contributed by atoms with Gasteiger partial charge in [0.2, 0.25) is 5.91 Å². The van der Waals surface area contributed by atoms with Gasteiger partial charge in [0.25, 0.3) is 0 Å². The van der Waals surface area contributed by atoms with E-state index < -0.39 is 0 Å². The van der Waals surface area contributed by atoms with E-state index in [4.69, 9.17) is 0 Å². The Morgan fingerprint density at radius 2 is 2.19 bits per heavy atom. The Hall–Kier alpha value is -1.38. The monoisotopic (exact) mass is 288 g/mol. The summed E-state index contributed by atoms with van der Waals surface area (Å²) in [6.07, 6.45) is 6.10. The van der Waals surface area contributed by atoms with Crippen LogP contribution < -0.4 is 5.32 Å². The van der Waals surface area contributed by atoms with Gasteiger partial charge in [-0.25, -0.2) is 0 Å². The predicted molar refractivity (Wildman–Crippen MR) is 85.8 cm³/mol. The van der Waals surface area contributed by atoms with Gasteiger partial charge in [0.1, 0.15) is 0 Å². The minimum atomic E-state index is 0.192. The normalized spacial score (nSPS) is 25.8. The first kappa shape index (κ1) is 16.0. The van der Waals surface area contributed by atoms with Crippen LogP contribution in [0.25, 0.3) is 0 Å². The molecule has 1 saturated carbocycles. The van der Waals surface area contributed by atoms with Crippen LogP contribution in [-0.2, 0) is 11.2 Å². The third-order valence-corrected chi connectivity index (χ3v) is 4.77. The van der Waals surface area contributed by atoms with Gasteiger partial charge in [-0.15, -0.1) is 0 Å². The first-order valence-electron chi connectivity index (χ1n) is 8.25. The largest absolute Gasteiger partial charge is 0.355 e. The summed E-state index contributed by atoms with van der Waals surface area (Å²) in [5.74, 6) is 2.24. The third kappa shape index (κ3) is 4.55. The molecule has 1 N–H and O–H groups in total. The Morgan fingerprint density at radius 1 is 1.38 bits per heavy atom. The average Bonchev–Trinajstić information content (AvgIpc) is 2.47. The predicted octanol–water partition coefficient (Wildman–Crippen LogP) is 3.45. The number of nitrogens with one attached hydrogen (secondary N) is 1. The lowest BCUT2D eigenvalue weighted by Gasteiger charge is -2.36. The fourth-order valence-electron chi connectivity index (χ4n) is 3.49. The molecule has 0 radical (unpaired) electrons. The second kappa shape index (κ2) is 7.58. The highest BCUT2D eigenvalue weighted by Gasteiger charge is 2.35. The van der Waals surface area contributed by atoms with E-state index in [0.29, 0.717) is 24.3 Å². The molecule has 116 valence electrons. The SMILES string of the molecule is CC1CC[C@@H](C(C)C)C(C(=O)NCCc2ccccn2)C1. The van der Waals surface area contributed by atoms with Crippen LogP contribution in [-0.4, -0.2) is 17.4 Å². The summed E-state index contributed by atoms with van der Waals surface area (Å²) in [7, 11) is 0. The highest BCUT2D eigenvalue weighted by Crippen LogP contribution is 2.37. The molecule has 0 spiro atoms. The Balaban J connectivity index is 1.85. The molecule has 1 heterocycles. The molecule has 1 fully saturated rings. The van der Waals surface area contributed by atoms with Crippen molar-refractivity contribution >= 4 is 5.91 Å². The van der Waals surface area contributed by atoms with E-state index in [1.165, 1.54) is 12.8 Å².